The van der Waals surface area contributed by atoms with Crippen LogP contribution in [0.5, 0.6) is 17.2 Å². The molecule has 0 radical (unpaired) electrons. The van der Waals surface area contributed by atoms with Crippen LogP contribution in [-0.2, 0) is 0 Å². The summed E-state index contributed by atoms with van der Waals surface area (Å²) in [5.41, 5.74) is 1.19. The van der Waals surface area contributed by atoms with Gasteiger partial charge in [0.25, 0.3) is 0 Å². The fourth-order valence-corrected chi connectivity index (χ4v) is 5.55. The normalized spacial score (nSPS) is 11.7. The lowest BCUT2D eigenvalue weighted by molar-refractivity contribution is 0.233. The summed E-state index contributed by atoms with van der Waals surface area (Å²) in [6, 6.07) is 4.38. The van der Waals surface area contributed by atoms with Gasteiger partial charge in [-0.1, -0.05) is 156 Å². The van der Waals surface area contributed by atoms with E-state index < -0.39 is 0 Å². The number of quaternary nitrogens is 1. The molecule has 1 rings (SSSR count). The van der Waals surface area contributed by atoms with E-state index in [1.807, 2.05) is 0 Å². The van der Waals surface area contributed by atoms with Crippen molar-refractivity contribution in [2.45, 2.75) is 175 Å². The number of hydrogen-bond acceptors (Lipinski definition) is 3. The first-order chi connectivity index (χ1) is 20.9. The minimum absolute atomic E-state index is 0.723. The Bertz CT molecular complexity index is 714. The molecule has 0 aliphatic heterocycles. The van der Waals surface area contributed by atoms with Crippen molar-refractivity contribution in [1.29, 1.82) is 0 Å². The number of ether oxygens (including phenoxy) is 3. The van der Waals surface area contributed by atoms with Crippen LogP contribution in [-0.4, -0.2) is 41.0 Å². The average molecular weight is 605 g/mol. The van der Waals surface area contributed by atoms with Crippen LogP contribution in [0.2, 0.25) is 0 Å². The molecule has 43 heavy (non-hydrogen) atoms. The largest absolute Gasteiger partial charge is 0.489 e. The third-order valence-corrected chi connectivity index (χ3v) is 8.54. The summed E-state index contributed by atoms with van der Waals surface area (Å²) in [5.74, 6) is 2.54. The van der Waals surface area contributed by atoms with E-state index in [4.69, 9.17) is 14.2 Å². The van der Waals surface area contributed by atoms with Gasteiger partial charge in [0.15, 0.2) is 11.5 Å². The molecule has 4 nitrogen and oxygen atoms in total. The highest BCUT2D eigenvalue weighted by molar-refractivity contribution is 5.61. The minimum atomic E-state index is 0.723. The Labute approximate surface area is 269 Å². The Balaban J connectivity index is 2.76. The summed E-state index contributed by atoms with van der Waals surface area (Å²) in [7, 11) is 6.63. The molecule has 0 N–H and O–H groups in total. The van der Waals surface area contributed by atoms with Crippen molar-refractivity contribution in [3.8, 4) is 17.2 Å². The quantitative estimate of drug-likeness (QED) is 0.0623. The molecule has 1 aromatic carbocycles. The van der Waals surface area contributed by atoms with Gasteiger partial charge < -0.3 is 14.2 Å². The first-order valence-electron chi connectivity index (χ1n) is 18.8. The third kappa shape index (κ3) is 21.0. The molecule has 252 valence electrons. The summed E-state index contributed by atoms with van der Waals surface area (Å²) in [5, 5.41) is 0. The molecule has 0 atom stereocenters. The van der Waals surface area contributed by atoms with E-state index in [0.29, 0.717) is 0 Å². The molecule has 0 fully saturated rings. The highest BCUT2D eigenvalue weighted by Gasteiger charge is 2.22. The van der Waals surface area contributed by atoms with Crippen molar-refractivity contribution < 1.29 is 14.2 Å². The van der Waals surface area contributed by atoms with E-state index in [9.17, 15) is 0 Å². The Morgan fingerprint density at radius 3 is 0.977 bits per heavy atom. The molecule has 0 saturated carbocycles. The fraction of sp³-hybridized carbons (Fsp3) is 0.846. The number of rotatable bonds is 31. The van der Waals surface area contributed by atoms with Gasteiger partial charge in [-0.15, -0.1) is 0 Å². The van der Waals surface area contributed by atoms with Gasteiger partial charge in [0.2, 0.25) is 5.75 Å². The van der Waals surface area contributed by atoms with E-state index in [2.05, 4.69) is 54.0 Å². The highest BCUT2D eigenvalue weighted by Crippen LogP contribution is 2.43. The second-order valence-electron chi connectivity index (χ2n) is 13.8. The van der Waals surface area contributed by atoms with E-state index >= 15 is 0 Å². The van der Waals surface area contributed by atoms with Crippen LogP contribution in [0, 0.1) is 0 Å². The first-order valence-corrected chi connectivity index (χ1v) is 18.8. The predicted molar refractivity (Wildman–Crippen MR) is 190 cm³/mol. The van der Waals surface area contributed by atoms with Gasteiger partial charge in [-0.2, -0.15) is 0 Å². The SMILES string of the molecule is CCCCCCCCCCOc1cc([N+](C)(C)C)cc(OCCCCCCCCCC)c1OCCCCCCCCCC. The average Bonchev–Trinajstić information content (AvgIpc) is 2.98. The summed E-state index contributed by atoms with van der Waals surface area (Å²) in [4.78, 5) is 0. The van der Waals surface area contributed by atoms with Crippen LogP contribution in [0.3, 0.4) is 0 Å². The molecule has 0 heterocycles. The number of hydrogen-bond donors (Lipinski definition) is 0. The van der Waals surface area contributed by atoms with E-state index in [1.54, 1.807) is 0 Å². The van der Waals surface area contributed by atoms with E-state index in [-0.39, 0.29) is 0 Å². The Kier molecular flexibility index (Phi) is 24.8. The summed E-state index contributed by atoms with van der Waals surface area (Å²) in [6.45, 7) is 9.05. The lowest BCUT2D eigenvalue weighted by Crippen LogP contribution is -2.34. The molecule has 1 aromatic rings. The van der Waals surface area contributed by atoms with Crippen molar-refractivity contribution in [1.82, 2.24) is 4.48 Å². The number of unbranched alkanes of at least 4 members (excludes halogenated alkanes) is 21. The van der Waals surface area contributed by atoms with Gasteiger partial charge in [0.1, 0.15) is 5.69 Å². The maximum absolute atomic E-state index is 6.49. The number of benzene rings is 1. The smallest absolute Gasteiger partial charge is 0.204 e. The molecule has 0 aliphatic rings. The molecule has 0 unspecified atom stereocenters. The second-order valence-corrected chi connectivity index (χ2v) is 13.8. The second kappa shape index (κ2) is 26.9. The van der Waals surface area contributed by atoms with Crippen LogP contribution in [0.1, 0.15) is 175 Å². The zero-order chi connectivity index (χ0) is 31.4. The molecule has 0 spiro atoms. The van der Waals surface area contributed by atoms with E-state index in [1.165, 1.54) is 141 Å². The molecular formula is C39H74NO3+. The minimum Gasteiger partial charge on any atom is -0.489 e. The van der Waals surface area contributed by atoms with Gasteiger partial charge in [-0.25, -0.2) is 0 Å². The van der Waals surface area contributed by atoms with Gasteiger partial charge in [0.05, 0.1) is 41.0 Å². The predicted octanol–water partition coefficient (Wildman–Crippen LogP) is 12.4. The van der Waals surface area contributed by atoms with Crippen LogP contribution >= 0.6 is 0 Å². The van der Waals surface area contributed by atoms with Crippen molar-refractivity contribution in [2.24, 2.45) is 0 Å². The monoisotopic (exact) mass is 605 g/mol. The Morgan fingerprint density at radius 1 is 0.395 bits per heavy atom. The van der Waals surface area contributed by atoms with Crippen molar-refractivity contribution >= 4 is 5.69 Å². The molecule has 0 bridgehead atoms. The summed E-state index contributed by atoms with van der Waals surface area (Å²) < 4.78 is 20.2. The molecule has 0 aliphatic carbocycles. The highest BCUT2D eigenvalue weighted by atomic mass is 16.5. The Hall–Kier alpha value is -1.42. The third-order valence-electron chi connectivity index (χ3n) is 8.54. The van der Waals surface area contributed by atoms with Gasteiger partial charge in [0, 0.05) is 12.1 Å². The number of nitrogens with zero attached hydrogens (tertiary/aromatic N) is 1. The lowest BCUT2D eigenvalue weighted by atomic mass is 10.1. The Morgan fingerprint density at radius 2 is 0.674 bits per heavy atom. The van der Waals surface area contributed by atoms with Gasteiger partial charge >= 0.3 is 0 Å². The lowest BCUT2D eigenvalue weighted by Gasteiger charge is -2.26. The molecule has 0 saturated heterocycles. The molecular weight excluding hydrogens is 530 g/mol. The van der Waals surface area contributed by atoms with Crippen LogP contribution in [0.25, 0.3) is 0 Å². The van der Waals surface area contributed by atoms with Gasteiger partial charge in [-0.05, 0) is 19.3 Å². The first kappa shape index (κ1) is 39.6. The molecule has 4 heteroatoms. The molecule has 0 aromatic heterocycles. The zero-order valence-electron chi connectivity index (χ0n) is 29.9. The zero-order valence-corrected chi connectivity index (χ0v) is 29.9. The maximum Gasteiger partial charge on any atom is 0.204 e. The van der Waals surface area contributed by atoms with Crippen molar-refractivity contribution in [3.63, 3.8) is 0 Å². The standard InChI is InChI=1S/C39H74NO3/c1-7-10-13-16-19-22-25-28-31-41-37-34-36(40(4,5)6)35-38(42-32-29-26-23-20-17-14-11-8-2)39(37)43-33-30-27-24-21-18-15-12-9-3/h34-35H,7-33H2,1-6H3/q+1. The fourth-order valence-electron chi connectivity index (χ4n) is 5.55. The van der Waals surface area contributed by atoms with Crippen LogP contribution in [0.4, 0.5) is 5.69 Å². The van der Waals surface area contributed by atoms with Crippen LogP contribution in [0.15, 0.2) is 12.1 Å². The maximum atomic E-state index is 6.49. The van der Waals surface area contributed by atoms with Gasteiger partial charge in [-0.3, -0.25) is 4.48 Å². The summed E-state index contributed by atoms with van der Waals surface area (Å²) >= 11 is 0. The van der Waals surface area contributed by atoms with Crippen molar-refractivity contribution in [3.05, 3.63) is 12.1 Å². The molecule has 0 amide bonds. The van der Waals surface area contributed by atoms with Crippen LogP contribution < -0.4 is 18.7 Å². The van der Waals surface area contributed by atoms with E-state index in [0.717, 1.165) is 60.8 Å². The van der Waals surface area contributed by atoms with Crippen molar-refractivity contribution in [2.75, 3.05) is 41.0 Å². The topological polar surface area (TPSA) is 27.7 Å². The summed E-state index contributed by atoms with van der Waals surface area (Å²) in [6.07, 6.45) is 31.2.